The van der Waals surface area contributed by atoms with Crippen molar-refractivity contribution in [1.29, 1.82) is 0 Å². The summed E-state index contributed by atoms with van der Waals surface area (Å²) >= 11 is 0. The number of aliphatic hydroxyl groups is 1. The lowest BCUT2D eigenvalue weighted by Crippen LogP contribution is -2.35. The number of hydrogen-bond acceptors (Lipinski definition) is 3. The summed E-state index contributed by atoms with van der Waals surface area (Å²) < 4.78 is 0. The molecule has 1 aliphatic carbocycles. The number of anilines is 1. The van der Waals surface area contributed by atoms with Crippen LogP contribution in [0.3, 0.4) is 0 Å². The maximum atomic E-state index is 11.9. The Morgan fingerprint density at radius 2 is 2.11 bits per heavy atom. The number of nitrogens with one attached hydrogen (secondary N) is 1. The minimum Gasteiger partial charge on any atom is -0.389 e. The predicted octanol–water partition coefficient (Wildman–Crippen LogP) is 2.41. The molecule has 2 rings (SSSR count). The summed E-state index contributed by atoms with van der Waals surface area (Å²) in [7, 11) is 0. The summed E-state index contributed by atoms with van der Waals surface area (Å²) in [6.45, 7) is 1.93. The summed E-state index contributed by atoms with van der Waals surface area (Å²) in [5.41, 5.74) is 0.892. The smallest absolute Gasteiger partial charge is 0.227 e. The molecule has 0 radical (unpaired) electrons. The predicted molar refractivity (Wildman–Crippen MR) is 70.3 cm³/mol. The number of carbonyl (C=O) groups excluding carboxylic acids is 1. The highest BCUT2D eigenvalue weighted by atomic mass is 16.3. The molecule has 1 amide bonds. The zero-order valence-electron chi connectivity index (χ0n) is 10.8. The SMILES string of the molecule is Cc1cncc(NC(=O)CC2(O)CCCCC2)c1. The van der Waals surface area contributed by atoms with Crippen LogP contribution >= 0.6 is 0 Å². The third kappa shape index (κ3) is 3.53. The van der Waals surface area contributed by atoms with Gasteiger partial charge in [-0.2, -0.15) is 0 Å². The Morgan fingerprint density at radius 3 is 2.78 bits per heavy atom. The van der Waals surface area contributed by atoms with Gasteiger partial charge in [0.1, 0.15) is 0 Å². The van der Waals surface area contributed by atoms with Crippen molar-refractivity contribution >= 4 is 11.6 Å². The van der Waals surface area contributed by atoms with Crippen LogP contribution in [0.1, 0.15) is 44.1 Å². The first-order valence-electron chi connectivity index (χ1n) is 6.51. The molecule has 0 atom stereocenters. The number of nitrogens with zero attached hydrogens (tertiary/aromatic N) is 1. The normalized spacial score (nSPS) is 18.3. The van der Waals surface area contributed by atoms with E-state index < -0.39 is 5.60 Å². The van der Waals surface area contributed by atoms with E-state index in [0.29, 0.717) is 5.69 Å². The molecule has 1 fully saturated rings. The molecule has 18 heavy (non-hydrogen) atoms. The molecular weight excluding hydrogens is 228 g/mol. The second kappa shape index (κ2) is 5.48. The minimum atomic E-state index is -0.806. The summed E-state index contributed by atoms with van der Waals surface area (Å²) in [5, 5.41) is 13.1. The van der Waals surface area contributed by atoms with Gasteiger partial charge in [-0.25, -0.2) is 0 Å². The van der Waals surface area contributed by atoms with Crippen molar-refractivity contribution in [3.63, 3.8) is 0 Å². The van der Waals surface area contributed by atoms with Gasteiger partial charge in [-0.05, 0) is 31.4 Å². The number of pyridine rings is 1. The number of aromatic nitrogens is 1. The van der Waals surface area contributed by atoms with Crippen LogP contribution in [0.15, 0.2) is 18.5 Å². The van der Waals surface area contributed by atoms with Gasteiger partial charge in [0.25, 0.3) is 0 Å². The van der Waals surface area contributed by atoms with Crippen LogP contribution in [-0.4, -0.2) is 21.6 Å². The molecule has 1 aliphatic rings. The number of rotatable bonds is 3. The Balaban J connectivity index is 1.92. The van der Waals surface area contributed by atoms with Gasteiger partial charge in [0.05, 0.1) is 23.9 Å². The highest BCUT2D eigenvalue weighted by molar-refractivity contribution is 5.91. The van der Waals surface area contributed by atoms with Crippen molar-refractivity contribution in [3.8, 4) is 0 Å². The van der Waals surface area contributed by atoms with Crippen molar-refractivity contribution in [2.45, 2.75) is 51.0 Å². The highest BCUT2D eigenvalue weighted by Crippen LogP contribution is 2.31. The van der Waals surface area contributed by atoms with E-state index in [1.54, 1.807) is 12.4 Å². The lowest BCUT2D eigenvalue weighted by Gasteiger charge is -2.31. The van der Waals surface area contributed by atoms with Crippen LogP contribution in [0, 0.1) is 6.92 Å². The van der Waals surface area contributed by atoms with E-state index in [1.807, 2.05) is 13.0 Å². The molecule has 98 valence electrons. The molecule has 1 heterocycles. The Morgan fingerprint density at radius 1 is 1.39 bits per heavy atom. The quantitative estimate of drug-likeness (QED) is 0.863. The fraction of sp³-hybridized carbons (Fsp3) is 0.571. The standard InChI is InChI=1S/C14H20N2O2/c1-11-7-12(10-15-9-11)16-13(17)8-14(18)5-3-2-4-6-14/h7,9-10,18H,2-6,8H2,1H3,(H,16,17). The molecule has 2 N–H and O–H groups in total. The molecule has 1 aromatic rings. The molecular formula is C14H20N2O2. The van der Waals surface area contributed by atoms with Crippen LogP contribution < -0.4 is 5.32 Å². The van der Waals surface area contributed by atoms with Gasteiger partial charge in [-0.3, -0.25) is 9.78 Å². The number of hydrogen-bond donors (Lipinski definition) is 2. The topological polar surface area (TPSA) is 62.2 Å². The van der Waals surface area contributed by atoms with Gasteiger partial charge in [0.15, 0.2) is 0 Å². The Labute approximate surface area is 107 Å². The third-order valence-electron chi connectivity index (χ3n) is 3.43. The summed E-state index contributed by atoms with van der Waals surface area (Å²) in [6.07, 6.45) is 8.18. The van der Waals surface area contributed by atoms with E-state index in [4.69, 9.17) is 0 Å². The van der Waals surface area contributed by atoms with E-state index in [1.165, 1.54) is 0 Å². The Bertz CT molecular complexity index is 426. The summed E-state index contributed by atoms with van der Waals surface area (Å²) in [4.78, 5) is 15.9. The molecule has 4 nitrogen and oxygen atoms in total. The second-order valence-corrected chi connectivity index (χ2v) is 5.26. The fourth-order valence-electron chi connectivity index (χ4n) is 2.51. The molecule has 0 aromatic carbocycles. The molecule has 0 saturated heterocycles. The molecule has 1 aromatic heterocycles. The summed E-state index contributed by atoms with van der Waals surface area (Å²) in [6, 6.07) is 1.87. The van der Waals surface area contributed by atoms with Crippen LogP contribution in [0.2, 0.25) is 0 Å². The molecule has 4 heteroatoms. The van der Waals surface area contributed by atoms with Crippen molar-refractivity contribution < 1.29 is 9.90 Å². The zero-order chi connectivity index (χ0) is 13.0. The molecule has 1 saturated carbocycles. The van der Waals surface area contributed by atoms with E-state index in [2.05, 4.69) is 10.3 Å². The first-order valence-corrected chi connectivity index (χ1v) is 6.51. The number of aryl methyl sites for hydroxylation is 1. The van der Waals surface area contributed by atoms with Gasteiger partial charge in [-0.15, -0.1) is 0 Å². The molecule has 0 unspecified atom stereocenters. The van der Waals surface area contributed by atoms with Crippen LogP contribution in [-0.2, 0) is 4.79 Å². The highest BCUT2D eigenvalue weighted by Gasteiger charge is 2.31. The largest absolute Gasteiger partial charge is 0.389 e. The lowest BCUT2D eigenvalue weighted by molar-refractivity contribution is -0.122. The Kier molecular flexibility index (Phi) is 3.97. The minimum absolute atomic E-state index is 0.133. The van der Waals surface area contributed by atoms with Gasteiger partial charge in [0, 0.05) is 6.20 Å². The van der Waals surface area contributed by atoms with E-state index in [-0.39, 0.29) is 12.3 Å². The van der Waals surface area contributed by atoms with Crippen LogP contribution in [0.25, 0.3) is 0 Å². The third-order valence-corrected chi connectivity index (χ3v) is 3.43. The number of amides is 1. The van der Waals surface area contributed by atoms with E-state index in [0.717, 1.165) is 37.7 Å². The first-order chi connectivity index (χ1) is 8.57. The maximum Gasteiger partial charge on any atom is 0.227 e. The average Bonchev–Trinajstić information content (AvgIpc) is 2.28. The van der Waals surface area contributed by atoms with Crippen molar-refractivity contribution in [3.05, 3.63) is 24.0 Å². The van der Waals surface area contributed by atoms with E-state index in [9.17, 15) is 9.90 Å². The fourth-order valence-corrected chi connectivity index (χ4v) is 2.51. The molecule has 0 spiro atoms. The monoisotopic (exact) mass is 248 g/mol. The van der Waals surface area contributed by atoms with Crippen molar-refractivity contribution in [2.24, 2.45) is 0 Å². The van der Waals surface area contributed by atoms with Gasteiger partial charge >= 0.3 is 0 Å². The Hall–Kier alpha value is -1.42. The van der Waals surface area contributed by atoms with Gasteiger partial charge in [-0.1, -0.05) is 19.3 Å². The van der Waals surface area contributed by atoms with Crippen molar-refractivity contribution in [2.75, 3.05) is 5.32 Å². The molecule has 0 aliphatic heterocycles. The second-order valence-electron chi connectivity index (χ2n) is 5.26. The molecule has 0 bridgehead atoms. The first kappa shape index (κ1) is 13.0. The van der Waals surface area contributed by atoms with Crippen LogP contribution in [0.4, 0.5) is 5.69 Å². The average molecular weight is 248 g/mol. The van der Waals surface area contributed by atoms with Gasteiger partial charge in [0.2, 0.25) is 5.91 Å². The lowest BCUT2D eigenvalue weighted by atomic mass is 9.82. The van der Waals surface area contributed by atoms with Crippen LogP contribution in [0.5, 0.6) is 0 Å². The zero-order valence-corrected chi connectivity index (χ0v) is 10.8. The summed E-state index contributed by atoms with van der Waals surface area (Å²) in [5.74, 6) is -0.133. The van der Waals surface area contributed by atoms with Crippen molar-refractivity contribution in [1.82, 2.24) is 4.98 Å². The van der Waals surface area contributed by atoms with E-state index >= 15 is 0 Å². The maximum absolute atomic E-state index is 11.9. The number of carbonyl (C=O) groups is 1. The van der Waals surface area contributed by atoms with Gasteiger partial charge < -0.3 is 10.4 Å².